The molecule has 2 aromatic rings. The fraction of sp³-hybridized carbons (Fsp3) is 0.125. The van der Waals surface area contributed by atoms with Crippen LogP contribution in [0, 0.1) is 6.92 Å². The maximum Gasteiger partial charge on any atom is 0.332 e. The van der Waals surface area contributed by atoms with Gasteiger partial charge >= 0.3 is 5.97 Å². The molecule has 2 rings (SSSR count). The molecule has 0 amide bonds. The predicted molar refractivity (Wildman–Crippen MR) is 84.4 cm³/mol. The minimum absolute atomic E-state index is 0.0576. The number of aromatic hydroxyl groups is 1. The molecule has 2 aromatic carbocycles. The predicted octanol–water partition coefficient (Wildman–Crippen LogP) is 3.78. The fourth-order valence-corrected chi connectivity index (χ4v) is 2.16. The Bertz CT molecular complexity index is 696. The first-order valence-corrected chi connectivity index (χ1v) is 7.09. The molecule has 0 aliphatic heterocycles. The molecule has 21 heavy (non-hydrogen) atoms. The normalized spacial score (nSPS) is 11.3. The summed E-state index contributed by atoms with van der Waals surface area (Å²) in [6.07, 6.45) is 0. The van der Waals surface area contributed by atoms with Crippen LogP contribution in [0.4, 0.5) is 0 Å². The molecular weight excluding hydrogens is 334 g/mol. The van der Waals surface area contributed by atoms with Gasteiger partial charge in [-0.1, -0.05) is 51.4 Å². The molecule has 0 bridgehead atoms. The number of carbonyl (C=O) groups is 1. The van der Waals surface area contributed by atoms with Crippen molar-refractivity contribution in [2.24, 2.45) is 5.16 Å². The molecule has 0 atom stereocenters. The molecule has 0 heterocycles. The van der Waals surface area contributed by atoms with Crippen LogP contribution in [0.25, 0.3) is 0 Å². The summed E-state index contributed by atoms with van der Waals surface area (Å²) in [5.41, 5.74) is 2.59. The highest BCUT2D eigenvalue weighted by Crippen LogP contribution is 2.28. The van der Waals surface area contributed by atoms with E-state index in [9.17, 15) is 9.90 Å². The van der Waals surface area contributed by atoms with Gasteiger partial charge in [0.1, 0.15) is 11.5 Å². The van der Waals surface area contributed by atoms with Gasteiger partial charge < -0.3 is 9.94 Å². The van der Waals surface area contributed by atoms with Crippen LogP contribution in [0.1, 0.15) is 23.6 Å². The van der Waals surface area contributed by atoms with E-state index in [4.69, 9.17) is 4.84 Å². The van der Waals surface area contributed by atoms with E-state index in [1.54, 1.807) is 12.1 Å². The smallest absolute Gasteiger partial charge is 0.332 e. The maximum absolute atomic E-state index is 11.0. The first-order valence-electron chi connectivity index (χ1n) is 6.29. The fourth-order valence-electron chi connectivity index (χ4n) is 1.82. The first kappa shape index (κ1) is 15.3. The first-order chi connectivity index (χ1) is 9.99. The molecule has 0 aromatic heterocycles. The molecule has 4 nitrogen and oxygen atoms in total. The van der Waals surface area contributed by atoms with Gasteiger partial charge in [0.25, 0.3) is 0 Å². The Morgan fingerprint density at radius 1 is 1.24 bits per heavy atom. The summed E-state index contributed by atoms with van der Waals surface area (Å²) in [5.74, 6) is -0.459. The number of hydrogen-bond acceptors (Lipinski definition) is 4. The van der Waals surface area contributed by atoms with E-state index in [1.807, 2.05) is 37.3 Å². The number of carbonyl (C=O) groups excluding carboxylic acids is 1. The number of halogens is 1. The summed E-state index contributed by atoms with van der Waals surface area (Å²) in [4.78, 5) is 15.8. The van der Waals surface area contributed by atoms with Gasteiger partial charge in [0.15, 0.2) is 0 Å². The Hall–Kier alpha value is -2.14. The van der Waals surface area contributed by atoms with Crippen molar-refractivity contribution in [2.75, 3.05) is 0 Å². The molecule has 0 saturated heterocycles. The molecule has 0 spiro atoms. The van der Waals surface area contributed by atoms with Gasteiger partial charge in [-0.2, -0.15) is 0 Å². The van der Waals surface area contributed by atoms with E-state index >= 15 is 0 Å². The Labute approximate surface area is 131 Å². The van der Waals surface area contributed by atoms with E-state index in [2.05, 4.69) is 21.1 Å². The number of rotatable bonds is 3. The van der Waals surface area contributed by atoms with Crippen LogP contribution in [-0.2, 0) is 9.63 Å². The van der Waals surface area contributed by atoms with Crippen LogP contribution in [-0.4, -0.2) is 16.8 Å². The van der Waals surface area contributed by atoms with Crippen molar-refractivity contribution < 1.29 is 14.7 Å². The van der Waals surface area contributed by atoms with Crippen LogP contribution >= 0.6 is 15.9 Å². The van der Waals surface area contributed by atoms with Crippen molar-refractivity contribution in [3.05, 3.63) is 63.6 Å². The molecule has 5 heteroatoms. The van der Waals surface area contributed by atoms with Crippen LogP contribution in [0.15, 0.2) is 52.1 Å². The zero-order valence-corrected chi connectivity index (χ0v) is 13.2. The summed E-state index contributed by atoms with van der Waals surface area (Å²) in [6.45, 7) is 3.18. The van der Waals surface area contributed by atoms with Crippen LogP contribution < -0.4 is 0 Å². The monoisotopic (exact) mass is 347 g/mol. The van der Waals surface area contributed by atoms with E-state index in [1.165, 1.54) is 6.92 Å². The zero-order chi connectivity index (χ0) is 15.4. The molecule has 0 aliphatic rings. The Kier molecular flexibility index (Phi) is 4.75. The highest BCUT2D eigenvalue weighted by atomic mass is 79.9. The lowest BCUT2D eigenvalue weighted by molar-refractivity contribution is -0.140. The summed E-state index contributed by atoms with van der Waals surface area (Å²) >= 11 is 3.36. The molecule has 0 fully saturated rings. The third-order valence-electron chi connectivity index (χ3n) is 2.84. The highest BCUT2D eigenvalue weighted by molar-refractivity contribution is 9.10. The number of phenols is 1. The van der Waals surface area contributed by atoms with Crippen molar-refractivity contribution in [3.8, 4) is 5.75 Å². The second kappa shape index (κ2) is 6.54. The zero-order valence-electron chi connectivity index (χ0n) is 11.6. The second-order valence-electron chi connectivity index (χ2n) is 4.51. The van der Waals surface area contributed by atoms with Crippen molar-refractivity contribution >= 4 is 27.6 Å². The summed E-state index contributed by atoms with van der Waals surface area (Å²) in [5, 5.41) is 14.0. The number of phenolic OH excluding ortho intramolecular Hbond substituents is 1. The maximum atomic E-state index is 11.0. The second-order valence-corrected chi connectivity index (χ2v) is 5.36. The van der Waals surface area contributed by atoms with E-state index in [-0.39, 0.29) is 5.75 Å². The summed E-state index contributed by atoms with van der Waals surface area (Å²) in [6, 6.07) is 12.6. The van der Waals surface area contributed by atoms with Crippen LogP contribution in [0.3, 0.4) is 0 Å². The lowest BCUT2D eigenvalue weighted by Gasteiger charge is -2.10. The van der Waals surface area contributed by atoms with Gasteiger partial charge in [-0.05, 0) is 24.6 Å². The number of hydrogen-bond donors (Lipinski definition) is 1. The van der Waals surface area contributed by atoms with E-state index < -0.39 is 5.97 Å². The highest BCUT2D eigenvalue weighted by Gasteiger charge is 2.15. The minimum Gasteiger partial charge on any atom is -0.507 e. The third-order valence-corrected chi connectivity index (χ3v) is 3.70. The molecule has 0 unspecified atom stereocenters. The molecule has 1 N–H and O–H groups in total. The Morgan fingerprint density at radius 2 is 1.90 bits per heavy atom. The van der Waals surface area contributed by atoms with Crippen molar-refractivity contribution in [2.45, 2.75) is 13.8 Å². The van der Waals surface area contributed by atoms with E-state index in [0.717, 1.165) is 15.6 Å². The average Bonchev–Trinajstić information content (AvgIpc) is 2.45. The van der Waals surface area contributed by atoms with Crippen LogP contribution in [0.5, 0.6) is 5.75 Å². The lowest BCUT2D eigenvalue weighted by Crippen LogP contribution is -2.07. The van der Waals surface area contributed by atoms with Crippen molar-refractivity contribution in [1.82, 2.24) is 0 Å². The largest absolute Gasteiger partial charge is 0.507 e. The van der Waals surface area contributed by atoms with Crippen molar-refractivity contribution in [3.63, 3.8) is 0 Å². The minimum atomic E-state index is -0.517. The lowest BCUT2D eigenvalue weighted by atomic mass is 10.00. The van der Waals surface area contributed by atoms with Gasteiger partial charge in [0.05, 0.1) is 0 Å². The third kappa shape index (κ3) is 3.70. The quantitative estimate of drug-likeness (QED) is 0.522. The Morgan fingerprint density at radius 3 is 2.52 bits per heavy atom. The van der Waals surface area contributed by atoms with Gasteiger partial charge in [0, 0.05) is 22.5 Å². The summed E-state index contributed by atoms with van der Waals surface area (Å²) < 4.78 is 0.795. The van der Waals surface area contributed by atoms with Crippen LogP contribution in [0.2, 0.25) is 0 Å². The van der Waals surface area contributed by atoms with Gasteiger partial charge in [-0.15, -0.1) is 0 Å². The standard InChI is InChI=1S/C16H14BrNO3/c1-10-8-13(15(20)9-14(10)17)16(18-21-11(2)19)12-6-4-3-5-7-12/h3-9,20H,1-2H3/b18-16+. The molecule has 108 valence electrons. The van der Waals surface area contributed by atoms with Crippen molar-refractivity contribution in [1.29, 1.82) is 0 Å². The average molecular weight is 348 g/mol. The Balaban J connectivity index is 2.58. The number of oxime groups is 1. The topological polar surface area (TPSA) is 58.9 Å². The number of nitrogens with zero attached hydrogens (tertiary/aromatic N) is 1. The SMILES string of the molecule is CC(=O)O/N=C(\c1ccccc1)c1cc(C)c(Br)cc1O. The molecule has 0 aliphatic carbocycles. The molecular formula is C16H14BrNO3. The summed E-state index contributed by atoms with van der Waals surface area (Å²) in [7, 11) is 0. The van der Waals surface area contributed by atoms with E-state index in [0.29, 0.717) is 11.3 Å². The van der Waals surface area contributed by atoms with Gasteiger partial charge in [-0.3, -0.25) is 0 Å². The molecule has 0 radical (unpaired) electrons. The van der Waals surface area contributed by atoms with Gasteiger partial charge in [-0.25, -0.2) is 4.79 Å². The van der Waals surface area contributed by atoms with Gasteiger partial charge in [0.2, 0.25) is 0 Å². The number of aryl methyl sites for hydroxylation is 1. The molecule has 0 saturated carbocycles. The number of benzene rings is 2.